The SMILES string of the molecule is CSc1cc(OC(C)CCN(Cc2cccc(C(F)(F)F)c2Cl)CC(c2ccccc2)c2ccccc2)cc(F)c1CO. The first-order chi connectivity index (χ1) is 20.6. The summed E-state index contributed by atoms with van der Waals surface area (Å²) >= 11 is 7.64. The molecule has 43 heavy (non-hydrogen) atoms. The Morgan fingerprint density at radius 2 is 1.56 bits per heavy atom. The molecule has 0 saturated carbocycles. The fourth-order valence-electron chi connectivity index (χ4n) is 5.08. The molecule has 0 saturated heterocycles. The Kier molecular flexibility index (Phi) is 11.5. The second-order valence-corrected chi connectivity index (χ2v) is 11.6. The molecule has 4 aromatic rings. The number of aliphatic hydroxyl groups excluding tert-OH is 1. The van der Waals surface area contributed by atoms with Crippen molar-refractivity contribution in [1.29, 1.82) is 0 Å². The molecule has 1 unspecified atom stereocenters. The minimum atomic E-state index is -4.56. The quantitative estimate of drug-likeness (QED) is 0.118. The van der Waals surface area contributed by atoms with E-state index in [4.69, 9.17) is 16.3 Å². The molecule has 0 aliphatic rings. The van der Waals surface area contributed by atoms with Crippen LogP contribution in [0.5, 0.6) is 5.75 Å². The lowest BCUT2D eigenvalue weighted by Crippen LogP contribution is -2.32. The van der Waals surface area contributed by atoms with Crippen molar-refractivity contribution in [2.45, 2.75) is 49.6 Å². The van der Waals surface area contributed by atoms with Crippen molar-refractivity contribution in [3.63, 3.8) is 0 Å². The molecule has 228 valence electrons. The Hall–Kier alpha value is -3.04. The van der Waals surface area contributed by atoms with E-state index in [9.17, 15) is 22.7 Å². The van der Waals surface area contributed by atoms with Gasteiger partial charge in [-0.2, -0.15) is 13.2 Å². The highest BCUT2D eigenvalue weighted by atomic mass is 35.5. The summed E-state index contributed by atoms with van der Waals surface area (Å²) in [6, 6.07) is 26.9. The fraction of sp³-hybridized carbons (Fsp3) is 0.294. The Labute approximate surface area is 259 Å². The molecule has 1 atom stereocenters. The van der Waals surface area contributed by atoms with Crippen LogP contribution in [0.3, 0.4) is 0 Å². The van der Waals surface area contributed by atoms with Crippen LogP contribution in [0.1, 0.15) is 47.1 Å². The number of alkyl halides is 3. The van der Waals surface area contributed by atoms with Gasteiger partial charge in [0.1, 0.15) is 11.6 Å². The summed E-state index contributed by atoms with van der Waals surface area (Å²) in [6.07, 6.45) is -2.58. The van der Waals surface area contributed by atoms with Crippen molar-refractivity contribution in [3.05, 3.63) is 130 Å². The average Bonchev–Trinajstić information content (AvgIpc) is 2.99. The van der Waals surface area contributed by atoms with Gasteiger partial charge in [-0.05, 0) is 48.4 Å². The largest absolute Gasteiger partial charge is 0.491 e. The summed E-state index contributed by atoms with van der Waals surface area (Å²) < 4.78 is 61.6. The molecule has 0 amide bonds. The highest BCUT2D eigenvalue weighted by Crippen LogP contribution is 2.37. The molecule has 0 bridgehead atoms. The van der Waals surface area contributed by atoms with Crippen LogP contribution in [-0.4, -0.2) is 35.5 Å². The third kappa shape index (κ3) is 8.76. The van der Waals surface area contributed by atoms with E-state index in [0.717, 1.165) is 17.2 Å². The number of nitrogens with zero attached hydrogens (tertiary/aromatic N) is 1. The van der Waals surface area contributed by atoms with Crippen LogP contribution in [0, 0.1) is 5.82 Å². The molecule has 0 heterocycles. The zero-order valence-corrected chi connectivity index (χ0v) is 25.5. The third-order valence-electron chi connectivity index (χ3n) is 7.32. The molecule has 4 rings (SSSR count). The zero-order chi connectivity index (χ0) is 31.0. The Bertz CT molecular complexity index is 1430. The van der Waals surface area contributed by atoms with Gasteiger partial charge in [0.2, 0.25) is 0 Å². The van der Waals surface area contributed by atoms with Gasteiger partial charge in [0.25, 0.3) is 0 Å². The first-order valence-corrected chi connectivity index (χ1v) is 15.5. The van der Waals surface area contributed by atoms with E-state index >= 15 is 0 Å². The average molecular weight is 632 g/mol. The van der Waals surface area contributed by atoms with Crippen LogP contribution in [0.2, 0.25) is 5.02 Å². The second kappa shape index (κ2) is 15.1. The van der Waals surface area contributed by atoms with Gasteiger partial charge >= 0.3 is 6.18 Å². The fourth-order valence-corrected chi connectivity index (χ4v) is 6.01. The smallest absolute Gasteiger partial charge is 0.417 e. The Morgan fingerprint density at radius 1 is 0.930 bits per heavy atom. The summed E-state index contributed by atoms with van der Waals surface area (Å²) in [7, 11) is 0. The number of halogens is 5. The molecular formula is C34H34ClF4NO2S. The number of rotatable bonds is 13. The van der Waals surface area contributed by atoms with Crippen molar-refractivity contribution in [2.75, 3.05) is 19.3 Å². The topological polar surface area (TPSA) is 32.7 Å². The monoisotopic (exact) mass is 631 g/mol. The van der Waals surface area contributed by atoms with Gasteiger partial charge in [0.15, 0.2) is 0 Å². The highest BCUT2D eigenvalue weighted by Gasteiger charge is 2.34. The lowest BCUT2D eigenvalue weighted by molar-refractivity contribution is -0.137. The molecule has 0 radical (unpaired) electrons. The van der Waals surface area contributed by atoms with Crippen molar-refractivity contribution in [3.8, 4) is 5.75 Å². The van der Waals surface area contributed by atoms with E-state index in [1.54, 1.807) is 18.4 Å². The molecule has 0 aromatic heterocycles. The molecule has 4 aromatic carbocycles. The summed E-state index contributed by atoms with van der Waals surface area (Å²) in [5.74, 6) is -0.233. The van der Waals surface area contributed by atoms with Gasteiger partial charge in [-0.25, -0.2) is 4.39 Å². The number of thioether (sulfide) groups is 1. The van der Waals surface area contributed by atoms with Crippen molar-refractivity contribution >= 4 is 23.4 Å². The maximum atomic E-state index is 14.6. The molecule has 0 aliphatic heterocycles. The lowest BCUT2D eigenvalue weighted by atomic mass is 9.90. The van der Waals surface area contributed by atoms with Crippen LogP contribution in [0.4, 0.5) is 17.6 Å². The minimum Gasteiger partial charge on any atom is -0.491 e. The van der Waals surface area contributed by atoms with E-state index in [-0.39, 0.29) is 29.2 Å². The van der Waals surface area contributed by atoms with Crippen molar-refractivity contribution in [2.24, 2.45) is 0 Å². The normalized spacial score (nSPS) is 12.6. The maximum absolute atomic E-state index is 14.6. The summed E-state index contributed by atoms with van der Waals surface area (Å²) in [4.78, 5) is 2.69. The van der Waals surface area contributed by atoms with E-state index in [2.05, 4.69) is 4.90 Å². The predicted molar refractivity (Wildman–Crippen MR) is 165 cm³/mol. The molecular weight excluding hydrogens is 598 g/mol. The number of benzene rings is 4. The summed E-state index contributed by atoms with van der Waals surface area (Å²) in [5.41, 5.74) is 1.93. The predicted octanol–water partition coefficient (Wildman–Crippen LogP) is 9.20. The van der Waals surface area contributed by atoms with E-state index in [1.165, 1.54) is 23.9 Å². The summed E-state index contributed by atoms with van der Waals surface area (Å²) in [6.45, 7) is 2.66. The highest BCUT2D eigenvalue weighted by molar-refractivity contribution is 7.98. The van der Waals surface area contributed by atoms with Crippen LogP contribution in [-0.2, 0) is 19.3 Å². The second-order valence-electron chi connectivity index (χ2n) is 10.3. The van der Waals surface area contributed by atoms with Gasteiger partial charge in [-0.15, -0.1) is 11.8 Å². The first-order valence-electron chi connectivity index (χ1n) is 13.9. The number of hydrogen-bond donors (Lipinski definition) is 1. The third-order valence-corrected chi connectivity index (χ3v) is 8.57. The van der Waals surface area contributed by atoms with E-state index < -0.39 is 24.2 Å². The number of ether oxygens (including phenoxy) is 1. The molecule has 3 nitrogen and oxygen atoms in total. The standard InChI is InChI=1S/C34H34ClF4NO2S/c1-23(42-27-18-31(36)29(22-41)32(19-27)43-2)16-17-40(20-26-14-9-15-30(33(26)35)34(37,38)39)21-28(24-10-5-3-6-11-24)25-12-7-4-8-13-25/h3-15,18-19,23,28,41H,16-17,20-22H2,1-2H3. The van der Waals surface area contributed by atoms with Crippen LogP contribution in [0.25, 0.3) is 0 Å². The first kappa shape index (κ1) is 32.9. The minimum absolute atomic E-state index is 0.0487. The summed E-state index contributed by atoms with van der Waals surface area (Å²) in [5, 5.41) is 9.21. The van der Waals surface area contributed by atoms with E-state index in [0.29, 0.717) is 35.7 Å². The molecule has 0 spiro atoms. The molecule has 0 aliphatic carbocycles. The van der Waals surface area contributed by atoms with Gasteiger partial charge in [-0.3, -0.25) is 4.90 Å². The molecule has 9 heteroatoms. The lowest BCUT2D eigenvalue weighted by Gasteiger charge is -2.30. The van der Waals surface area contributed by atoms with Crippen LogP contribution >= 0.6 is 23.4 Å². The zero-order valence-electron chi connectivity index (χ0n) is 24.0. The van der Waals surface area contributed by atoms with Gasteiger partial charge in [0.05, 0.1) is 23.3 Å². The van der Waals surface area contributed by atoms with Gasteiger partial charge in [0, 0.05) is 42.1 Å². The molecule has 0 fully saturated rings. The number of hydrogen-bond acceptors (Lipinski definition) is 4. The maximum Gasteiger partial charge on any atom is 0.417 e. The number of aliphatic hydroxyl groups is 1. The van der Waals surface area contributed by atoms with Crippen molar-refractivity contribution in [1.82, 2.24) is 4.90 Å². The van der Waals surface area contributed by atoms with E-state index in [1.807, 2.05) is 67.6 Å². The van der Waals surface area contributed by atoms with Gasteiger partial charge in [-0.1, -0.05) is 84.4 Å². The molecule has 1 N–H and O–H groups in total. The van der Waals surface area contributed by atoms with Crippen LogP contribution < -0.4 is 4.74 Å². The Balaban J connectivity index is 1.60. The van der Waals surface area contributed by atoms with Crippen LogP contribution in [0.15, 0.2) is 95.9 Å². The van der Waals surface area contributed by atoms with Crippen molar-refractivity contribution < 1.29 is 27.4 Å². The van der Waals surface area contributed by atoms with Gasteiger partial charge < -0.3 is 9.84 Å². The Morgan fingerprint density at radius 3 is 2.12 bits per heavy atom.